The summed E-state index contributed by atoms with van der Waals surface area (Å²) in [5, 5.41) is 5.99. The first-order chi connectivity index (χ1) is 24.8. The molecule has 0 aliphatic rings. The van der Waals surface area contributed by atoms with Gasteiger partial charge in [0.15, 0.2) is 0 Å². The lowest BCUT2D eigenvalue weighted by atomic mass is 9.92. The van der Waals surface area contributed by atoms with E-state index in [1.54, 1.807) is 12.1 Å². The van der Waals surface area contributed by atoms with E-state index in [2.05, 4.69) is 48.2 Å². The number of rotatable bonds is 18. The summed E-state index contributed by atoms with van der Waals surface area (Å²) in [6.07, 6.45) is 2.34. The van der Waals surface area contributed by atoms with Crippen LogP contribution in [-0.4, -0.2) is 56.0 Å². The maximum atomic E-state index is 13.2. The number of carbonyl (C=O) groups excluding carboxylic acids is 4. The molecule has 2 aromatic carbocycles. The fourth-order valence-corrected chi connectivity index (χ4v) is 5.62. The van der Waals surface area contributed by atoms with E-state index in [4.69, 9.17) is 14.2 Å². The molecule has 282 valence electrons. The van der Waals surface area contributed by atoms with Crippen molar-refractivity contribution in [2.45, 2.75) is 86.7 Å². The van der Waals surface area contributed by atoms with Crippen LogP contribution in [0, 0.1) is 18.8 Å². The summed E-state index contributed by atoms with van der Waals surface area (Å²) >= 11 is 0. The van der Waals surface area contributed by atoms with Crippen LogP contribution in [0.25, 0.3) is 0 Å². The van der Waals surface area contributed by atoms with Crippen molar-refractivity contribution in [3.8, 4) is 0 Å². The Labute approximate surface area is 308 Å². The molecular formula is C40H55N5O7. The fourth-order valence-electron chi connectivity index (χ4n) is 5.62. The molecule has 0 saturated heterocycles. The molecule has 12 heteroatoms. The van der Waals surface area contributed by atoms with Gasteiger partial charge in [0.2, 0.25) is 6.79 Å². The molecule has 1 atom stereocenters. The summed E-state index contributed by atoms with van der Waals surface area (Å²) in [5.41, 5.74) is 4.70. The van der Waals surface area contributed by atoms with Crippen LogP contribution < -0.4 is 20.4 Å². The van der Waals surface area contributed by atoms with E-state index >= 15 is 0 Å². The van der Waals surface area contributed by atoms with Gasteiger partial charge in [0, 0.05) is 44.0 Å². The molecule has 3 rings (SSSR count). The predicted molar refractivity (Wildman–Crippen MR) is 205 cm³/mol. The Morgan fingerprint density at radius 3 is 2.17 bits per heavy atom. The second-order valence-corrected chi connectivity index (χ2v) is 13.7. The number of pyridine rings is 1. The van der Waals surface area contributed by atoms with Crippen LogP contribution >= 0.6 is 0 Å². The van der Waals surface area contributed by atoms with Crippen LogP contribution in [0.3, 0.4) is 0 Å². The van der Waals surface area contributed by atoms with E-state index in [9.17, 15) is 19.2 Å². The standard InChI is InChI=1S/C40H55N5O7/c1-9-12-36(46)50-25-32-13-11-20-41-38(32)44(8)40(49)52-26-51-37(47)22-30(10-2)31-16-19-35(45(23-27(3)4)24-28(5)6)34(21-31)43-39(48)42-33-17-14-29(7)15-18-33/h11,13-21,27-28,30H,9-10,12,22-26H2,1-8H3,(H2,42,43,48)/t30-/m0/s1. The van der Waals surface area contributed by atoms with E-state index < -0.39 is 18.9 Å². The minimum Gasteiger partial charge on any atom is -0.461 e. The van der Waals surface area contributed by atoms with Crippen molar-refractivity contribution >= 4 is 46.9 Å². The SMILES string of the molecule is CCCC(=O)OCc1cccnc1N(C)C(=O)OCOC(=O)C[C@H](CC)c1ccc(N(CC(C)C)CC(C)C)c(NC(=O)Nc2ccc(C)cc2)c1. The Morgan fingerprint density at radius 1 is 0.846 bits per heavy atom. The van der Waals surface area contributed by atoms with Gasteiger partial charge < -0.3 is 29.7 Å². The fraction of sp³-hybridized carbons (Fsp3) is 0.475. The number of nitrogens with zero attached hydrogens (tertiary/aromatic N) is 3. The van der Waals surface area contributed by atoms with Crippen molar-refractivity contribution in [2.24, 2.45) is 11.8 Å². The highest BCUT2D eigenvalue weighted by molar-refractivity contribution is 6.02. The zero-order chi connectivity index (χ0) is 38.2. The molecular weight excluding hydrogens is 662 g/mol. The Hall–Kier alpha value is -5.13. The smallest absolute Gasteiger partial charge is 0.418 e. The van der Waals surface area contributed by atoms with Gasteiger partial charge in [0.1, 0.15) is 12.4 Å². The number of hydrogen-bond donors (Lipinski definition) is 2. The first-order valence-corrected chi connectivity index (χ1v) is 18.0. The van der Waals surface area contributed by atoms with Crippen LogP contribution in [0.5, 0.6) is 0 Å². The summed E-state index contributed by atoms with van der Waals surface area (Å²) in [4.78, 5) is 58.6. The molecule has 12 nitrogen and oxygen atoms in total. The molecule has 0 saturated carbocycles. The number of urea groups is 1. The molecule has 0 aliphatic heterocycles. The molecule has 0 radical (unpaired) electrons. The van der Waals surface area contributed by atoms with E-state index in [1.165, 1.54) is 18.1 Å². The summed E-state index contributed by atoms with van der Waals surface area (Å²) < 4.78 is 15.8. The number of benzene rings is 2. The Kier molecular flexibility index (Phi) is 16.4. The van der Waals surface area contributed by atoms with E-state index in [0.717, 1.165) is 29.9 Å². The lowest BCUT2D eigenvalue weighted by Gasteiger charge is -2.31. The van der Waals surface area contributed by atoms with Crippen molar-refractivity contribution < 1.29 is 33.4 Å². The molecule has 52 heavy (non-hydrogen) atoms. The van der Waals surface area contributed by atoms with Crippen molar-refractivity contribution in [1.82, 2.24) is 4.98 Å². The second kappa shape index (κ2) is 20.7. The zero-order valence-corrected chi connectivity index (χ0v) is 31.9. The molecule has 2 N–H and O–H groups in total. The Balaban J connectivity index is 1.70. The number of amides is 3. The number of carbonyl (C=O) groups is 4. The quantitative estimate of drug-likeness (QED) is 0.0977. The summed E-state index contributed by atoms with van der Waals surface area (Å²) in [7, 11) is 1.47. The number of hydrogen-bond acceptors (Lipinski definition) is 9. The highest BCUT2D eigenvalue weighted by Crippen LogP contribution is 2.34. The molecule has 1 heterocycles. The molecule has 3 amide bonds. The largest absolute Gasteiger partial charge is 0.461 e. The highest BCUT2D eigenvalue weighted by Gasteiger charge is 2.22. The van der Waals surface area contributed by atoms with Gasteiger partial charge in [-0.2, -0.15) is 0 Å². The normalized spacial score (nSPS) is 11.5. The monoisotopic (exact) mass is 717 g/mol. The predicted octanol–water partition coefficient (Wildman–Crippen LogP) is 8.65. The van der Waals surface area contributed by atoms with E-state index in [-0.39, 0.29) is 36.8 Å². The lowest BCUT2D eigenvalue weighted by Crippen LogP contribution is -2.32. The maximum absolute atomic E-state index is 13.2. The lowest BCUT2D eigenvalue weighted by molar-refractivity contribution is -0.152. The summed E-state index contributed by atoms with van der Waals surface area (Å²) in [6, 6.07) is 16.5. The number of aryl methyl sites for hydroxylation is 1. The van der Waals surface area contributed by atoms with Crippen LogP contribution in [0.15, 0.2) is 60.8 Å². The van der Waals surface area contributed by atoms with Gasteiger partial charge in [-0.3, -0.25) is 14.5 Å². The van der Waals surface area contributed by atoms with Crippen molar-refractivity contribution in [3.63, 3.8) is 0 Å². The summed E-state index contributed by atoms with van der Waals surface area (Å²) in [6.45, 7) is 15.5. The van der Waals surface area contributed by atoms with Gasteiger partial charge in [-0.15, -0.1) is 0 Å². The highest BCUT2D eigenvalue weighted by atomic mass is 16.7. The molecule has 0 aliphatic carbocycles. The summed E-state index contributed by atoms with van der Waals surface area (Å²) in [5.74, 6) is -0.0701. The van der Waals surface area contributed by atoms with E-state index in [0.29, 0.717) is 48.0 Å². The second-order valence-electron chi connectivity index (χ2n) is 13.7. The topological polar surface area (TPSA) is 139 Å². The third kappa shape index (κ3) is 13.2. The number of nitrogens with one attached hydrogen (secondary N) is 2. The number of esters is 2. The number of aromatic nitrogens is 1. The first-order valence-electron chi connectivity index (χ1n) is 18.0. The van der Waals surface area contributed by atoms with Gasteiger partial charge in [-0.25, -0.2) is 14.6 Å². The van der Waals surface area contributed by atoms with Gasteiger partial charge in [-0.1, -0.05) is 71.4 Å². The van der Waals surface area contributed by atoms with Crippen LogP contribution in [-0.2, 0) is 30.4 Å². The Morgan fingerprint density at radius 2 is 1.54 bits per heavy atom. The first kappa shape index (κ1) is 41.3. The van der Waals surface area contributed by atoms with Crippen molar-refractivity contribution in [2.75, 3.05) is 47.4 Å². The van der Waals surface area contributed by atoms with Crippen LogP contribution in [0.4, 0.5) is 32.5 Å². The van der Waals surface area contributed by atoms with Gasteiger partial charge in [0.25, 0.3) is 0 Å². The van der Waals surface area contributed by atoms with Gasteiger partial charge in [0.05, 0.1) is 17.8 Å². The molecule has 3 aromatic rings. The molecule has 0 unspecified atom stereocenters. The third-order valence-corrected chi connectivity index (χ3v) is 8.17. The Bertz CT molecular complexity index is 1620. The van der Waals surface area contributed by atoms with Gasteiger partial charge >= 0.3 is 24.1 Å². The number of ether oxygens (including phenoxy) is 3. The molecule has 0 spiro atoms. The average molecular weight is 718 g/mol. The van der Waals surface area contributed by atoms with Crippen LogP contribution in [0.1, 0.15) is 89.8 Å². The average Bonchev–Trinajstić information content (AvgIpc) is 3.10. The van der Waals surface area contributed by atoms with Crippen molar-refractivity contribution in [1.29, 1.82) is 0 Å². The van der Waals surface area contributed by atoms with Crippen molar-refractivity contribution in [3.05, 3.63) is 77.5 Å². The van der Waals surface area contributed by atoms with E-state index in [1.807, 2.05) is 63.2 Å². The minimum absolute atomic E-state index is 0.0352. The number of anilines is 4. The minimum atomic E-state index is -0.790. The van der Waals surface area contributed by atoms with Gasteiger partial charge in [-0.05, 0) is 73.4 Å². The zero-order valence-electron chi connectivity index (χ0n) is 31.9. The van der Waals surface area contributed by atoms with Crippen LogP contribution in [0.2, 0.25) is 0 Å². The molecule has 0 fully saturated rings. The third-order valence-electron chi connectivity index (χ3n) is 8.17. The maximum Gasteiger partial charge on any atom is 0.418 e. The molecule has 1 aromatic heterocycles. The molecule has 0 bridgehead atoms.